The van der Waals surface area contributed by atoms with Crippen LogP contribution in [0.15, 0.2) is 53.5 Å². The minimum atomic E-state index is -0.213. The van der Waals surface area contributed by atoms with Crippen molar-refractivity contribution in [3.8, 4) is 11.8 Å². The summed E-state index contributed by atoms with van der Waals surface area (Å²) < 4.78 is 16.4. The number of Topliss-reactive ketones (excluding diaryl/α,β-unsaturated/α-hetero) is 1. The second kappa shape index (κ2) is 9.17. The number of pyridine rings is 1. The van der Waals surface area contributed by atoms with E-state index in [9.17, 15) is 10.1 Å². The molecule has 0 radical (unpaired) electrons. The Morgan fingerprint density at radius 3 is 2.82 bits per heavy atom. The van der Waals surface area contributed by atoms with Crippen molar-refractivity contribution in [2.24, 2.45) is 0 Å². The molecule has 1 aliphatic heterocycles. The number of carbonyl (C=O) groups excluding carboxylic acids is 1. The molecule has 0 aliphatic carbocycles. The summed E-state index contributed by atoms with van der Waals surface area (Å²) in [6.45, 7) is 1.18. The predicted molar refractivity (Wildman–Crippen MR) is 123 cm³/mol. The highest BCUT2D eigenvalue weighted by atomic mass is 16.5. The van der Waals surface area contributed by atoms with Crippen LogP contribution in [0.4, 0.5) is 17.1 Å². The maximum absolute atomic E-state index is 12.2. The molecule has 4 aromatic rings. The van der Waals surface area contributed by atoms with Crippen LogP contribution in [-0.2, 0) is 11.2 Å². The molecule has 3 aromatic heterocycles. The molecule has 0 spiro atoms. The molecule has 1 saturated heterocycles. The van der Waals surface area contributed by atoms with Crippen LogP contribution in [0, 0.1) is 11.3 Å². The molecule has 0 bridgehead atoms. The van der Waals surface area contributed by atoms with Gasteiger partial charge in [0.1, 0.15) is 23.7 Å². The van der Waals surface area contributed by atoms with Gasteiger partial charge in [0.2, 0.25) is 5.78 Å². The van der Waals surface area contributed by atoms with Gasteiger partial charge in [-0.2, -0.15) is 5.26 Å². The van der Waals surface area contributed by atoms with Gasteiger partial charge in [-0.25, -0.2) is 9.97 Å². The molecular formula is C24H20N6O4. The lowest BCUT2D eigenvalue weighted by molar-refractivity contribution is 0.0964. The van der Waals surface area contributed by atoms with E-state index in [0.717, 1.165) is 6.42 Å². The Labute approximate surface area is 194 Å². The van der Waals surface area contributed by atoms with E-state index in [1.165, 1.54) is 12.5 Å². The van der Waals surface area contributed by atoms with Crippen LogP contribution in [0.2, 0.25) is 0 Å². The SMILES string of the molecule is N#Cc1cnc2cc(OC3CCOC3)c(N)cc2c1Nc1cnc(CC(=O)c2ccco2)nc1. The van der Waals surface area contributed by atoms with Crippen LogP contribution < -0.4 is 15.8 Å². The average molecular weight is 456 g/mol. The predicted octanol–water partition coefficient (Wildman–Crippen LogP) is 3.41. The molecule has 10 nitrogen and oxygen atoms in total. The number of nitriles is 1. The van der Waals surface area contributed by atoms with E-state index < -0.39 is 0 Å². The van der Waals surface area contributed by atoms with Gasteiger partial charge in [-0.1, -0.05) is 0 Å². The van der Waals surface area contributed by atoms with Gasteiger partial charge >= 0.3 is 0 Å². The summed E-state index contributed by atoms with van der Waals surface area (Å²) in [6.07, 6.45) is 6.79. The number of carbonyl (C=O) groups is 1. The molecule has 1 aromatic carbocycles. The van der Waals surface area contributed by atoms with Crippen molar-refractivity contribution in [1.82, 2.24) is 15.0 Å². The van der Waals surface area contributed by atoms with Gasteiger partial charge in [-0.05, 0) is 18.2 Å². The fourth-order valence-electron chi connectivity index (χ4n) is 3.67. The average Bonchev–Trinajstić information content (AvgIpc) is 3.56. The van der Waals surface area contributed by atoms with Crippen molar-refractivity contribution in [3.05, 3.63) is 66.3 Å². The van der Waals surface area contributed by atoms with E-state index in [1.807, 2.05) is 0 Å². The number of nitrogens with two attached hydrogens (primary N) is 1. The van der Waals surface area contributed by atoms with Crippen molar-refractivity contribution < 1.29 is 18.7 Å². The maximum Gasteiger partial charge on any atom is 0.205 e. The van der Waals surface area contributed by atoms with Gasteiger partial charge in [0.15, 0.2) is 5.76 Å². The number of hydrogen-bond donors (Lipinski definition) is 2. The molecule has 170 valence electrons. The molecule has 4 heterocycles. The number of aromatic nitrogens is 3. The third-order valence-electron chi connectivity index (χ3n) is 5.39. The number of nitrogen functional groups attached to an aromatic ring is 1. The van der Waals surface area contributed by atoms with Crippen molar-refractivity contribution in [2.75, 3.05) is 24.3 Å². The molecular weight excluding hydrogens is 436 g/mol. The molecule has 1 fully saturated rings. The Balaban J connectivity index is 1.40. The van der Waals surface area contributed by atoms with Gasteiger partial charge < -0.3 is 24.9 Å². The summed E-state index contributed by atoms with van der Waals surface area (Å²) in [5.74, 6) is 0.929. The van der Waals surface area contributed by atoms with Gasteiger partial charge in [0.05, 0.1) is 66.4 Å². The molecule has 0 saturated carbocycles. The van der Waals surface area contributed by atoms with E-state index in [-0.39, 0.29) is 24.1 Å². The first kappa shape index (κ1) is 21.4. The number of hydrogen-bond acceptors (Lipinski definition) is 10. The zero-order chi connectivity index (χ0) is 23.5. The number of rotatable bonds is 7. The van der Waals surface area contributed by atoms with Crippen LogP contribution >= 0.6 is 0 Å². The zero-order valence-electron chi connectivity index (χ0n) is 18.0. The second-order valence-electron chi connectivity index (χ2n) is 7.76. The zero-order valence-corrected chi connectivity index (χ0v) is 18.0. The van der Waals surface area contributed by atoms with Crippen LogP contribution in [0.25, 0.3) is 10.9 Å². The standard InChI is InChI=1S/C24H20N6O4/c25-9-14-10-27-19-7-22(34-16-3-5-32-13-16)18(26)6-17(19)24(14)30-15-11-28-23(29-12-15)8-20(31)21-2-1-4-33-21/h1-2,4,6-7,10-12,16H,3,5,8,13,26H2,(H,27,30). The Morgan fingerprint density at radius 2 is 2.12 bits per heavy atom. The highest BCUT2D eigenvalue weighted by Crippen LogP contribution is 2.35. The Hall–Kier alpha value is -4.49. The molecule has 1 atom stereocenters. The Bertz CT molecular complexity index is 1370. The molecule has 0 amide bonds. The third kappa shape index (κ3) is 4.37. The Kier molecular flexibility index (Phi) is 5.76. The Morgan fingerprint density at radius 1 is 1.26 bits per heavy atom. The quantitative estimate of drug-likeness (QED) is 0.313. The first-order chi connectivity index (χ1) is 16.6. The van der Waals surface area contributed by atoms with Crippen molar-refractivity contribution in [1.29, 1.82) is 5.26 Å². The first-order valence-corrected chi connectivity index (χ1v) is 10.6. The molecule has 34 heavy (non-hydrogen) atoms. The minimum absolute atomic E-state index is 0.0147. The van der Waals surface area contributed by atoms with E-state index in [4.69, 9.17) is 19.6 Å². The van der Waals surface area contributed by atoms with Crippen LogP contribution in [0.5, 0.6) is 5.75 Å². The lowest BCUT2D eigenvalue weighted by Crippen LogP contribution is -2.16. The smallest absolute Gasteiger partial charge is 0.205 e. The monoisotopic (exact) mass is 456 g/mol. The topological polar surface area (TPSA) is 149 Å². The number of benzene rings is 1. The van der Waals surface area contributed by atoms with Gasteiger partial charge in [0, 0.05) is 24.1 Å². The maximum atomic E-state index is 12.2. The van der Waals surface area contributed by atoms with E-state index in [2.05, 4.69) is 26.3 Å². The fraction of sp³-hybridized carbons (Fsp3) is 0.208. The van der Waals surface area contributed by atoms with Crippen molar-refractivity contribution in [3.63, 3.8) is 0 Å². The van der Waals surface area contributed by atoms with Gasteiger partial charge in [-0.3, -0.25) is 9.78 Å². The largest absolute Gasteiger partial charge is 0.486 e. The molecule has 1 unspecified atom stereocenters. The number of nitrogens with zero attached hydrogens (tertiary/aromatic N) is 4. The van der Waals surface area contributed by atoms with Crippen LogP contribution in [-0.4, -0.2) is 40.1 Å². The number of furan rings is 1. The number of ether oxygens (including phenoxy) is 2. The normalized spacial score (nSPS) is 15.2. The molecule has 3 N–H and O–H groups in total. The summed E-state index contributed by atoms with van der Waals surface area (Å²) in [5, 5.41) is 13.5. The number of ketones is 1. The molecule has 1 aliphatic rings. The molecule has 5 rings (SSSR count). The lowest BCUT2D eigenvalue weighted by atomic mass is 10.1. The summed E-state index contributed by atoms with van der Waals surface area (Å²) in [5.41, 5.74) is 8.71. The first-order valence-electron chi connectivity index (χ1n) is 10.6. The minimum Gasteiger partial charge on any atom is -0.486 e. The summed E-state index contributed by atoms with van der Waals surface area (Å²) in [6, 6.07) is 8.88. The summed E-state index contributed by atoms with van der Waals surface area (Å²) in [7, 11) is 0. The van der Waals surface area contributed by atoms with Crippen molar-refractivity contribution in [2.45, 2.75) is 18.9 Å². The highest BCUT2D eigenvalue weighted by molar-refractivity contribution is 5.98. The lowest BCUT2D eigenvalue weighted by Gasteiger charge is -2.16. The van der Waals surface area contributed by atoms with E-state index >= 15 is 0 Å². The summed E-state index contributed by atoms with van der Waals surface area (Å²) >= 11 is 0. The summed E-state index contributed by atoms with van der Waals surface area (Å²) in [4.78, 5) is 25.1. The van der Waals surface area contributed by atoms with Gasteiger partial charge in [-0.15, -0.1) is 0 Å². The number of fused-ring (bicyclic) bond motifs is 1. The van der Waals surface area contributed by atoms with E-state index in [1.54, 1.807) is 36.7 Å². The second-order valence-corrected chi connectivity index (χ2v) is 7.76. The fourth-order valence-corrected chi connectivity index (χ4v) is 3.67. The van der Waals surface area contributed by atoms with E-state index in [0.29, 0.717) is 58.3 Å². The number of nitrogens with one attached hydrogen (secondary N) is 1. The van der Waals surface area contributed by atoms with Crippen LogP contribution in [0.3, 0.4) is 0 Å². The third-order valence-corrected chi connectivity index (χ3v) is 5.39. The molecule has 10 heteroatoms. The van der Waals surface area contributed by atoms with Gasteiger partial charge in [0.25, 0.3) is 0 Å². The van der Waals surface area contributed by atoms with Crippen LogP contribution in [0.1, 0.15) is 28.4 Å². The highest BCUT2D eigenvalue weighted by Gasteiger charge is 2.20. The van der Waals surface area contributed by atoms with Crippen molar-refractivity contribution >= 4 is 33.7 Å². The number of anilines is 3.